The second-order valence-electron chi connectivity index (χ2n) is 8.45. The fourth-order valence-corrected chi connectivity index (χ4v) is 5.06. The van der Waals surface area contributed by atoms with Crippen molar-refractivity contribution in [1.29, 1.82) is 0 Å². The highest BCUT2D eigenvalue weighted by molar-refractivity contribution is 5.81. The number of imidazole rings is 1. The number of rotatable bonds is 4. The van der Waals surface area contributed by atoms with Crippen molar-refractivity contribution in [1.82, 2.24) is 24.3 Å². The van der Waals surface area contributed by atoms with Crippen molar-refractivity contribution in [3.8, 4) is 0 Å². The molecule has 27 heavy (non-hydrogen) atoms. The van der Waals surface area contributed by atoms with Crippen LogP contribution >= 0.6 is 0 Å². The summed E-state index contributed by atoms with van der Waals surface area (Å²) >= 11 is 0. The molecule has 2 atom stereocenters. The van der Waals surface area contributed by atoms with Gasteiger partial charge in [0.15, 0.2) is 0 Å². The van der Waals surface area contributed by atoms with Gasteiger partial charge in [-0.3, -0.25) is 9.80 Å². The lowest BCUT2D eigenvalue weighted by Gasteiger charge is -2.36. The average Bonchev–Trinajstić information content (AvgIpc) is 3.07. The molecule has 6 rings (SSSR count). The Bertz CT molecular complexity index is 939. The van der Waals surface area contributed by atoms with Crippen LogP contribution in [0.4, 0.5) is 0 Å². The topological polar surface area (TPSA) is 40.1 Å². The zero-order valence-electron chi connectivity index (χ0n) is 16.4. The Balaban J connectivity index is 1.34. The maximum Gasteiger partial charge on any atom is 0.0925 e. The van der Waals surface area contributed by atoms with E-state index in [2.05, 4.69) is 68.6 Å². The minimum atomic E-state index is 0.654. The molecule has 2 aromatic heterocycles. The van der Waals surface area contributed by atoms with Crippen LogP contribution in [0.25, 0.3) is 10.9 Å². The summed E-state index contributed by atoms with van der Waals surface area (Å²) in [6.07, 6.45) is 4.51. The van der Waals surface area contributed by atoms with Crippen LogP contribution in [0, 0.1) is 12.8 Å². The van der Waals surface area contributed by atoms with Gasteiger partial charge in [0.1, 0.15) is 0 Å². The number of hydrogen-bond donors (Lipinski definition) is 1. The zero-order valence-corrected chi connectivity index (χ0v) is 16.4. The van der Waals surface area contributed by atoms with Gasteiger partial charge in [0.05, 0.1) is 12.0 Å². The van der Waals surface area contributed by atoms with E-state index in [1.165, 1.54) is 53.9 Å². The molecule has 0 unspecified atom stereocenters. The van der Waals surface area contributed by atoms with E-state index in [4.69, 9.17) is 0 Å². The van der Waals surface area contributed by atoms with Crippen LogP contribution in [-0.2, 0) is 20.1 Å². The number of fused-ring (bicyclic) bond motifs is 5. The second kappa shape index (κ2) is 6.80. The smallest absolute Gasteiger partial charge is 0.0925 e. The summed E-state index contributed by atoms with van der Waals surface area (Å²) in [5.41, 5.74) is 5.18. The summed E-state index contributed by atoms with van der Waals surface area (Å²) in [6.45, 7) is 7.75. The summed E-state index contributed by atoms with van der Waals surface area (Å²) < 4.78 is 2.37. The first-order valence-corrected chi connectivity index (χ1v) is 10.2. The van der Waals surface area contributed by atoms with Crippen molar-refractivity contribution in [2.45, 2.75) is 38.9 Å². The van der Waals surface area contributed by atoms with E-state index >= 15 is 0 Å². The van der Waals surface area contributed by atoms with Gasteiger partial charge in [0.2, 0.25) is 0 Å². The summed E-state index contributed by atoms with van der Waals surface area (Å²) in [5.74, 6) is 0.776. The van der Waals surface area contributed by atoms with Gasteiger partial charge in [0, 0.05) is 62.7 Å². The SMILES string of the molecule is Cc1[nH]cnc1CN1C[C@@H]2CC[C@H](C1)N(Cc1cc3ccccc3n1C)C2. The fourth-order valence-electron chi connectivity index (χ4n) is 5.06. The van der Waals surface area contributed by atoms with Crippen molar-refractivity contribution in [3.05, 3.63) is 53.7 Å². The lowest BCUT2D eigenvalue weighted by molar-refractivity contribution is 0.120. The third-order valence-electron chi connectivity index (χ3n) is 6.63. The zero-order chi connectivity index (χ0) is 18.4. The Hall–Kier alpha value is -2.11. The van der Waals surface area contributed by atoms with Crippen LogP contribution in [0.5, 0.6) is 0 Å². The third-order valence-corrected chi connectivity index (χ3v) is 6.63. The maximum atomic E-state index is 4.52. The fraction of sp³-hybridized carbons (Fsp3) is 0.500. The molecule has 5 heteroatoms. The number of nitrogens with zero attached hydrogens (tertiary/aromatic N) is 4. The van der Waals surface area contributed by atoms with E-state index in [0.717, 1.165) is 25.6 Å². The quantitative estimate of drug-likeness (QED) is 0.773. The van der Waals surface area contributed by atoms with E-state index in [1.807, 2.05) is 6.33 Å². The Morgan fingerprint density at radius 3 is 2.81 bits per heavy atom. The first kappa shape index (κ1) is 17.0. The molecule has 0 radical (unpaired) electrons. The highest BCUT2D eigenvalue weighted by atomic mass is 15.3. The van der Waals surface area contributed by atoms with Crippen molar-refractivity contribution >= 4 is 10.9 Å². The van der Waals surface area contributed by atoms with Gasteiger partial charge in [-0.2, -0.15) is 0 Å². The monoisotopic (exact) mass is 363 g/mol. The number of benzene rings is 1. The molecule has 0 amide bonds. The van der Waals surface area contributed by atoms with Crippen molar-refractivity contribution in [2.24, 2.45) is 13.0 Å². The molecule has 3 fully saturated rings. The van der Waals surface area contributed by atoms with E-state index < -0.39 is 0 Å². The molecule has 0 saturated carbocycles. The molecule has 3 saturated heterocycles. The number of nitrogens with one attached hydrogen (secondary N) is 1. The minimum Gasteiger partial charge on any atom is -0.348 e. The van der Waals surface area contributed by atoms with Gasteiger partial charge in [-0.25, -0.2) is 4.98 Å². The summed E-state index contributed by atoms with van der Waals surface area (Å²) in [5, 5.41) is 1.35. The lowest BCUT2D eigenvalue weighted by atomic mass is 9.95. The highest BCUT2D eigenvalue weighted by Gasteiger charge is 2.35. The number of hydrogen-bond acceptors (Lipinski definition) is 3. The van der Waals surface area contributed by atoms with Crippen LogP contribution in [0.3, 0.4) is 0 Å². The molecule has 0 spiro atoms. The molecule has 0 aliphatic carbocycles. The van der Waals surface area contributed by atoms with Crippen molar-refractivity contribution < 1.29 is 0 Å². The summed E-state index contributed by atoms with van der Waals surface area (Å²) in [7, 11) is 2.21. The molecule has 3 aliphatic heterocycles. The van der Waals surface area contributed by atoms with Crippen LogP contribution in [-0.4, -0.2) is 50.0 Å². The second-order valence-corrected chi connectivity index (χ2v) is 8.45. The first-order chi connectivity index (χ1) is 13.2. The first-order valence-electron chi connectivity index (χ1n) is 10.2. The maximum absolute atomic E-state index is 4.52. The molecule has 5 nitrogen and oxygen atoms in total. The average molecular weight is 364 g/mol. The van der Waals surface area contributed by atoms with E-state index in [0.29, 0.717) is 6.04 Å². The van der Waals surface area contributed by atoms with Crippen LogP contribution in [0.2, 0.25) is 0 Å². The van der Waals surface area contributed by atoms with Gasteiger partial charge >= 0.3 is 0 Å². The molecule has 142 valence electrons. The minimum absolute atomic E-state index is 0.654. The van der Waals surface area contributed by atoms with Crippen LogP contribution in [0.15, 0.2) is 36.7 Å². The van der Waals surface area contributed by atoms with E-state index in [9.17, 15) is 0 Å². The molecule has 1 aromatic carbocycles. The molecule has 5 heterocycles. The molecule has 3 aliphatic rings. The largest absolute Gasteiger partial charge is 0.348 e. The number of H-pyrrole nitrogens is 1. The van der Waals surface area contributed by atoms with E-state index in [-0.39, 0.29) is 0 Å². The lowest BCUT2D eigenvalue weighted by Crippen LogP contribution is -2.43. The van der Waals surface area contributed by atoms with Crippen LogP contribution < -0.4 is 0 Å². The Labute approximate surface area is 161 Å². The van der Waals surface area contributed by atoms with Gasteiger partial charge in [-0.05, 0) is 43.2 Å². The van der Waals surface area contributed by atoms with Crippen molar-refractivity contribution in [3.63, 3.8) is 0 Å². The van der Waals surface area contributed by atoms with Gasteiger partial charge in [-0.15, -0.1) is 0 Å². The number of piperidine rings is 1. The predicted octanol–water partition coefficient (Wildman–Crippen LogP) is 3.31. The molecule has 1 N–H and O–H groups in total. The molecular weight excluding hydrogens is 334 g/mol. The normalized spacial score (nSPS) is 23.9. The predicted molar refractivity (Wildman–Crippen MR) is 108 cm³/mol. The Morgan fingerprint density at radius 2 is 2.00 bits per heavy atom. The molecular formula is C22H29N5. The third kappa shape index (κ3) is 3.19. The molecule has 2 bridgehead atoms. The summed E-state index contributed by atoms with van der Waals surface area (Å²) in [4.78, 5) is 13.1. The highest BCUT2D eigenvalue weighted by Crippen LogP contribution is 2.31. The Kier molecular flexibility index (Phi) is 4.29. The number of aromatic nitrogens is 3. The van der Waals surface area contributed by atoms with Gasteiger partial charge in [-0.1, -0.05) is 18.2 Å². The van der Waals surface area contributed by atoms with Gasteiger partial charge in [0.25, 0.3) is 0 Å². The van der Waals surface area contributed by atoms with E-state index in [1.54, 1.807) is 0 Å². The standard InChI is InChI=1S/C22H29N5/c1-16-21(24-15-23-16)14-26-10-17-7-8-19(12-26)27(11-17)13-20-9-18-5-3-4-6-22(18)25(20)2/h3-6,9,15,17,19H,7-8,10-14H2,1-2H3,(H,23,24)/t17-,19+/m0/s1. The number of para-hydroxylation sites is 1. The number of aromatic amines is 1. The van der Waals surface area contributed by atoms with Gasteiger partial charge < -0.3 is 9.55 Å². The molecule has 3 aromatic rings. The van der Waals surface area contributed by atoms with Crippen LogP contribution in [0.1, 0.15) is 29.9 Å². The van der Waals surface area contributed by atoms with Crippen molar-refractivity contribution in [2.75, 3.05) is 19.6 Å². The summed E-state index contributed by atoms with van der Waals surface area (Å²) in [6, 6.07) is 11.7. The Morgan fingerprint density at radius 1 is 1.11 bits per heavy atom. The number of aryl methyl sites for hydroxylation is 2.